The van der Waals surface area contributed by atoms with Gasteiger partial charge in [-0.05, 0) is 37.1 Å². The number of phenolic OH excluding ortho intramolecular Hbond substituents is 1. The zero-order valence-corrected chi connectivity index (χ0v) is 12.9. The van der Waals surface area contributed by atoms with Crippen molar-refractivity contribution in [1.29, 1.82) is 0 Å². The average molecular weight is 331 g/mol. The number of aromatic hydroxyl groups is 1. The first-order chi connectivity index (χ1) is 11.6. The van der Waals surface area contributed by atoms with Gasteiger partial charge in [0.25, 0.3) is 5.91 Å². The first-order valence-electron chi connectivity index (χ1n) is 7.74. The number of aliphatic hydroxyl groups excluding tert-OH is 1. The molecule has 6 heteroatoms. The Morgan fingerprint density at radius 3 is 2.62 bits per heavy atom. The highest BCUT2D eigenvalue weighted by Gasteiger charge is 2.37. The van der Waals surface area contributed by atoms with Crippen LogP contribution in [0.1, 0.15) is 23.2 Å². The number of aliphatic hydroxyl groups is 1. The Morgan fingerprint density at radius 2 is 1.88 bits per heavy atom. The fourth-order valence-electron chi connectivity index (χ4n) is 2.85. The van der Waals surface area contributed by atoms with E-state index in [0.717, 1.165) is 6.07 Å². The summed E-state index contributed by atoms with van der Waals surface area (Å²) in [6, 6.07) is 12.3. The highest BCUT2D eigenvalue weighted by Crippen LogP contribution is 2.26. The summed E-state index contributed by atoms with van der Waals surface area (Å²) in [6.45, 7) is 0. The van der Waals surface area contributed by atoms with Gasteiger partial charge in [-0.25, -0.2) is 4.39 Å². The van der Waals surface area contributed by atoms with Crippen molar-refractivity contribution >= 4 is 5.91 Å². The zero-order chi connectivity index (χ0) is 17.1. The number of para-hydroxylation sites is 2. The summed E-state index contributed by atoms with van der Waals surface area (Å²) in [7, 11) is 0. The molecule has 5 nitrogen and oxygen atoms in total. The van der Waals surface area contributed by atoms with Crippen molar-refractivity contribution < 1.29 is 24.1 Å². The lowest BCUT2D eigenvalue weighted by atomic mass is 10.1. The number of amides is 1. The largest absolute Gasteiger partial charge is 0.504 e. The minimum absolute atomic E-state index is 0.158. The second kappa shape index (κ2) is 6.88. The molecule has 3 N–H and O–H groups in total. The Morgan fingerprint density at radius 1 is 1.12 bits per heavy atom. The van der Waals surface area contributed by atoms with Gasteiger partial charge in [0.15, 0.2) is 11.6 Å². The summed E-state index contributed by atoms with van der Waals surface area (Å²) in [5, 5.41) is 22.6. The Bertz CT molecular complexity index is 722. The van der Waals surface area contributed by atoms with Gasteiger partial charge >= 0.3 is 0 Å². The van der Waals surface area contributed by atoms with Crippen LogP contribution in [0.25, 0.3) is 0 Å². The van der Waals surface area contributed by atoms with Gasteiger partial charge in [0.2, 0.25) is 0 Å². The minimum Gasteiger partial charge on any atom is -0.504 e. The zero-order valence-electron chi connectivity index (χ0n) is 12.9. The predicted molar refractivity (Wildman–Crippen MR) is 85.4 cm³/mol. The van der Waals surface area contributed by atoms with Crippen molar-refractivity contribution in [2.45, 2.75) is 31.1 Å². The number of hydrogen-bond donors (Lipinski definition) is 3. The number of ether oxygens (including phenoxy) is 1. The van der Waals surface area contributed by atoms with Gasteiger partial charge in [0.05, 0.1) is 11.6 Å². The molecule has 0 aromatic heterocycles. The number of carbonyl (C=O) groups is 1. The molecule has 0 unspecified atom stereocenters. The lowest BCUT2D eigenvalue weighted by Gasteiger charge is -2.21. The van der Waals surface area contributed by atoms with Crippen LogP contribution < -0.4 is 10.1 Å². The van der Waals surface area contributed by atoms with Crippen molar-refractivity contribution in [1.82, 2.24) is 5.32 Å². The molecule has 3 atom stereocenters. The van der Waals surface area contributed by atoms with E-state index in [9.17, 15) is 19.4 Å². The fourth-order valence-corrected chi connectivity index (χ4v) is 2.85. The van der Waals surface area contributed by atoms with E-state index < -0.39 is 35.7 Å². The molecule has 1 aliphatic carbocycles. The number of rotatable bonds is 4. The van der Waals surface area contributed by atoms with Crippen LogP contribution in [0.2, 0.25) is 0 Å². The van der Waals surface area contributed by atoms with Crippen LogP contribution in [0.15, 0.2) is 48.5 Å². The monoisotopic (exact) mass is 331 g/mol. The molecule has 2 aromatic carbocycles. The first-order valence-corrected chi connectivity index (χ1v) is 7.74. The molecule has 0 aliphatic heterocycles. The summed E-state index contributed by atoms with van der Waals surface area (Å²) >= 11 is 0. The molecule has 0 bridgehead atoms. The third-order valence-corrected chi connectivity index (χ3v) is 4.13. The molecule has 1 aliphatic rings. The van der Waals surface area contributed by atoms with Gasteiger partial charge in [0, 0.05) is 0 Å². The average Bonchev–Trinajstić information content (AvgIpc) is 2.91. The molecule has 1 amide bonds. The van der Waals surface area contributed by atoms with Crippen molar-refractivity contribution in [2.75, 3.05) is 0 Å². The number of halogens is 1. The van der Waals surface area contributed by atoms with Crippen LogP contribution in [-0.2, 0) is 0 Å². The van der Waals surface area contributed by atoms with E-state index in [1.165, 1.54) is 12.1 Å². The molecule has 24 heavy (non-hydrogen) atoms. The summed E-state index contributed by atoms with van der Waals surface area (Å²) in [5.41, 5.74) is -0.158. The highest BCUT2D eigenvalue weighted by molar-refractivity contribution is 5.97. The molecule has 126 valence electrons. The van der Waals surface area contributed by atoms with Crippen LogP contribution in [0.5, 0.6) is 11.5 Å². The van der Waals surface area contributed by atoms with Crippen LogP contribution in [0, 0.1) is 5.82 Å². The molecule has 0 saturated heterocycles. The maximum Gasteiger partial charge on any atom is 0.255 e. The second-order valence-corrected chi connectivity index (χ2v) is 5.75. The van der Waals surface area contributed by atoms with E-state index in [4.69, 9.17) is 4.74 Å². The van der Waals surface area contributed by atoms with E-state index >= 15 is 0 Å². The number of phenols is 1. The molecule has 3 rings (SSSR count). The lowest BCUT2D eigenvalue weighted by molar-refractivity contribution is 0.0434. The molecule has 1 fully saturated rings. The number of nitrogens with one attached hydrogen (secondary N) is 1. The van der Waals surface area contributed by atoms with Crippen LogP contribution >= 0.6 is 0 Å². The van der Waals surface area contributed by atoms with Gasteiger partial charge in [-0.15, -0.1) is 0 Å². The van der Waals surface area contributed by atoms with Crippen molar-refractivity contribution in [3.63, 3.8) is 0 Å². The van der Waals surface area contributed by atoms with Gasteiger partial charge in [0.1, 0.15) is 18.0 Å². The van der Waals surface area contributed by atoms with E-state index in [0.29, 0.717) is 18.6 Å². The first kappa shape index (κ1) is 16.3. The number of benzene rings is 2. The molecular weight excluding hydrogens is 313 g/mol. The molecule has 0 radical (unpaired) electrons. The van der Waals surface area contributed by atoms with Gasteiger partial charge in [-0.1, -0.05) is 24.3 Å². The van der Waals surface area contributed by atoms with Crippen LogP contribution in [-0.4, -0.2) is 34.4 Å². The Labute approximate surface area is 138 Å². The van der Waals surface area contributed by atoms with Gasteiger partial charge in [-0.3, -0.25) is 4.79 Å². The Hall–Kier alpha value is -2.60. The van der Waals surface area contributed by atoms with Crippen molar-refractivity contribution in [2.24, 2.45) is 0 Å². The van der Waals surface area contributed by atoms with Crippen molar-refractivity contribution in [3.05, 3.63) is 59.9 Å². The summed E-state index contributed by atoms with van der Waals surface area (Å²) in [6.07, 6.45) is -0.208. The SMILES string of the molecule is O=C(N[C@@H]1CC[C@@H](Oc2ccccc2)[C@@H]1O)c1cccc(F)c1O. The third kappa shape index (κ3) is 3.33. The Kier molecular flexibility index (Phi) is 4.66. The quantitative estimate of drug-likeness (QED) is 0.803. The Balaban J connectivity index is 1.64. The van der Waals surface area contributed by atoms with E-state index in [1.54, 1.807) is 12.1 Å². The normalized spacial score (nSPS) is 23.0. The number of carbonyl (C=O) groups excluding carboxylic acids is 1. The standard InChI is InChI=1S/C18H18FNO4/c19-13-8-4-7-12(16(13)21)18(23)20-14-9-10-15(17(14)22)24-11-5-2-1-3-6-11/h1-8,14-15,17,21-22H,9-10H2,(H,20,23)/t14-,15-,17-/m1/s1. The van der Waals surface area contributed by atoms with E-state index in [2.05, 4.69) is 5.32 Å². The fraction of sp³-hybridized carbons (Fsp3) is 0.278. The molecular formula is C18H18FNO4. The van der Waals surface area contributed by atoms with E-state index in [1.807, 2.05) is 18.2 Å². The minimum atomic E-state index is -0.884. The summed E-state index contributed by atoms with van der Waals surface area (Å²) in [4.78, 5) is 12.2. The molecule has 2 aromatic rings. The molecule has 1 saturated carbocycles. The summed E-state index contributed by atoms with van der Waals surface area (Å²) < 4.78 is 19.1. The van der Waals surface area contributed by atoms with Gasteiger partial charge in [-0.2, -0.15) is 0 Å². The predicted octanol–water partition coefficient (Wildman–Crippen LogP) is 2.23. The van der Waals surface area contributed by atoms with Crippen molar-refractivity contribution in [3.8, 4) is 11.5 Å². The van der Waals surface area contributed by atoms with Crippen LogP contribution in [0.4, 0.5) is 4.39 Å². The topological polar surface area (TPSA) is 78.8 Å². The third-order valence-electron chi connectivity index (χ3n) is 4.13. The summed E-state index contributed by atoms with van der Waals surface area (Å²) in [5.74, 6) is -1.54. The van der Waals surface area contributed by atoms with Crippen LogP contribution in [0.3, 0.4) is 0 Å². The smallest absolute Gasteiger partial charge is 0.255 e. The maximum absolute atomic E-state index is 13.3. The second-order valence-electron chi connectivity index (χ2n) is 5.75. The molecule has 0 heterocycles. The van der Waals surface area contributed by atoms with E-state index in [-0.39, 0.29) is 5.56 Å². The lowest BCUT2D eigenvalue weighted by Crippen LogP contribution is -2.44. The maximum atomic E-state index is 13.3. The number of hydrogen-bond acceptors (Lipinski definition) is 4. The van der Waals surface area contributed by atoms with Gasteiger partial charge < -0.3 is 20.3 Å². The highest BCUT2D eigenvalue weighted by atomic mass is 19.1. The molecule has 0 spiro atoms.